The minimum atomic E-state index is -0.300. The Balaban J connectivity index is 2.08. The number of anilines is 1. The van der Waals surface area contributed by atoms with Gasteiger partial charge in [0.25, 0.3) is 0 Å². The van der Waals surface area contributed by atoms with Crippen molar-refractivity contribution < 1.29 is 4.39 Å². The Morgan fingerprint density at radius 2 is 2.26 bits per heavy atom. The Morgan fingerprint density at radius 3 is 2.95 bits per heavy atom. The second-order valence-electron chi connectivity index (χ2n) is 4.92. The third-order valence-electron chi connectivity index (χ3n) is 3.81. The Hall–Kier alpha value is -0.750. The number of nitrogen functional groups attached to an aromatic ring is 1. The van der Waals surface area contributed by atoms with Gasteiger partial charge in [-0.15, -0.1) is 0 Å². The molecule has 1 heterocycles. The van der Waals surface area contributed by atoms with E-state index < -0.39 is 0 Å². The summed E-state index contributed by atoms with van der Waals surface area (Å²) in [7, 11) is 0. The van der Waals surface area contributed by atoms with E-state index in [-0.39, 0.29) is 5.82 Å². The Kier molecular flexibility index (Phi) is 3.47. The Bertz CT molecular complexity index is 628. The van der Waals surface area contributed by atoms with Gasteiger partial charge in [0.1, 0.15) is 5.82 Å². The number of halogens is 2. The molecule has 2 atom stereocenters. The van der Waals surface area contributed by atoms with Crippen molar-refractivity contribution in [3.8, 4) is 0 Å². The van der Waals surface area contributed by atoms with Crippen LogP contribution in [0.15, 0.2) is 16.6 Å². The molecule has 0 radical (unpaired) electrons. The van der Waals surface area contributed by atoms with Gasteiger partial charge in [0.2, 0.25) is 5.95 Å². The molecule has 102 valence electrons. The number of hydrogen-bond acceptors (Lipinski definition) is 3. The lowest BCUT2D eigenvalue weighted by atomic mass is 10.2. The fourth-order valence-corrected chi connectivity index (χ4v) is 3.98. The van der Waals surface area contributed by atoms with Crippen molar-refractivity contribution >= 4 is 44.7 Å². The molecule has 3 nitrogen and oxygen atoms in total. The van der Waals surface area contributed by atoms with E-state index in [0.717, 1.165) is 18.4 Å². The third kappa shape index (κ3) is 2.25. The maximum absolute atomic E-state index is 13.5. The summed E-state index contributed by atoms with van der Waals surface area (Å²) in [5, 5.41) is 0.686. The highest BCUT2D eigenvalue weighted by molar-refractivity contribution is 9.10. The summed E-state index contributed by atoms with van der Waals surface area (Å²) in [6.07, 6.45) is 5.56. The van der Waals surface area contributed by atoms with Gasteiger partial charge in [-0.2, -0.15) is 11.8 Å². The predicted octanol–water partition coefficient (Wildman–Crippen LogP) is 3.98. The normalized spacial score (nSPS) is 23.3. The van der Waals surface area contributed by atoms with Gasteiger partial charge in [-0.25, -0.2) is 9.37 Å². The van der Waals surface area contributed by atoms with Crippen LogP contribution in [-0.4, -0.2) is 21.1 Å². The van der Waals surface area contributed by atoms with E-state index in [1.54, 1.807) is 6.07 Å². The van der Waals surface area contributed by atoms with E-state index >= 15 is 0 Å². The van der Waals surface area contributed by atoms with Gasteiger partial charge >= 0.3 is 0 Å². The van der Waals surface area contributed by atoms with Crippen LogP contribution in [-0.2, 0) is 0 Å². The lowest BCUT2D eigenvalue weighted by molar-refractivity contribution is 0.540. The van der Waals surface area contributed by atoms with E-state index in [0.29, 0.717) is 27.2 Å². The number of imidazole rings is 1. The molecule has 1 aromatic heterocycles. The fraction of sp³-hybridized carbons (Fsp3) is 0.462. The van der Waals surface area contributed by atoms with Crippen LogP contribution < -0.4 is 5.73 Å². The van der Waals surface area contributed by atoms with Crippen LogP contribution in [0.5, 0.6) is 0 Å². The molecule has 1 fully saturated rings. The average molecular weight is 344 g/mol. The number of aromatic nitrogens is 2. The first-order valence-corrected chi connectivity index (χ1v) is 8.33. The fourth-order valence-electron chi connectivity index (χ4n) is 2.86. The van der Waals surface area contributed by atoms with E-state index in [2.05, 4.69) is 31.7 Å². The van der Waals surface area contributed by atoms with Crippen molar-refractivity contribution in [2.24, 2.45) is 0 Å². The van der Waals surface area contributed by atoms with Crippen molar-refractivity contribution in [2.45, 2.75) is 30.6 Å². The summed E-state index contributed by atoms with van der Waals surface area (Å²) < 4.78 is 16.1. The molecule has 0 amide bonds. The minimum Gasteiger partial charge on any atom is -0.369 e. The summed E-state index contributed by atoms with van der Waals surface area (Å²) in [6.45, 7) is 0. The van der Waals surface area contributed by atoms with E-state index in [1.165, 1.54) is 12.5 Å². The SMILES string of the molecule is CSC1CCC(n2c(N)nc3cc(F)c(Br)cc32)C1. The molecule has 2 aromatic rings. The van der Waals surface area contributed by atoms with Gasteiger partial charge in [0, 0.05) is 17.4 Å². The summed E-state index contributed by atoms with van der Waals surface area (Å²) in [6, 6.07) is 3.59. The van der Waals surface area contributed by atoms with Crippen LogP contribution in [0.4, 0.5) is 10.3 Å². The molecule has 1 saturated carbocycles. The third-order valence-corrected chi connectivity index (χ3v) is 5.52. The molecular weight excluding hydrogens is 329 g/mol. The lowest BCUT2D eigenvalue weighted by Gasteiger charge is -2.15. The maximum atomic E-state index is 13.5. The van der Waals surface area contributed by atoms with Crippen molar-refractivity contribution in [2.75, 3.05) is 12.0 Å². The second kappa shape index (κ2) is 4.98. The second-order valence-corrected chi connectivity index (χ2v) is 6.91. The van der Waals surface area contributed by atoms with Crippen LogP contribution in [0.2, 0.25) is 0 Å². The largest absolute Gasteiger partial charge is 0.369 e. The molecular formula is C13H15BrFN3S. The molecule has 0 spiro atoms. The molecule has 2 N–H and O–H groups in total. The molecule has 1 aliphatic carbocycles. The molecule has 2 unspecified atom stereocenters. The topological polar surface area (TPSA) is 43.8 Å². The zero-order chi connectivity index (χ0) is 13.6. The summed E-state index contributed by atoms with van der Waals surface area (Å²) in [5.74, 6) is 0.185. The number of rotatable bonds is 2. The number of thioether (sulfide) groups is 1. The highest BCUT2D eigenvalue weighted by Crippen LogP contribution is 2.39. The first-order valence-electron chi connectivity index (χ1n) is 6.25. The van der Waals surface area contributed by atoms with Crippen LogP contribution in [0.3, 0.4) is 0 Å². The standard InChI is InChI=1S/C13H15BrFN3S/c1-19-8-3-2-7(4-8)18-12-5-9(14)10(15)6-11(12)17-13(18)16/h5-8H,2-4H2,1H3,(H2,16,17). The van der Waals surface area contributed by atoms with Crippen LogP contribution in [0.25, 0.3) is 11.0 Å². The zero-order valence-corrected chi connectivity index (χ0v) is 13.0. The molecule has 3 rings (SSSR count). The van der Waals surface area contributed by atoms with Gasteiger partial charge in [0.15, 0.2) is 0 Å². The molecule has 19 heavy (non-hydrogen) atoms. The predicted molar refractivity (Wildman–Crippen MR) is 82.0 cm³/mol. The molecule has 1 aromatic carbocycles. The van der Waals surface area contributed by atoms with Gasteiger partial charge in [0.05, 0.1) is 15.5 Å². The highest BCUT2D eigenvalue weighted by Gasteiger charge is 2.28. The highest BCUT2D eigenvalue weighted by atomic mass is 79.9. The first-order chi connectivity index (χ1) is 9.10. The van der Waals surface area contributed by atoms with Crippen molar-refractivity contribution in [3.05, 3.63) is 22.4 Å². The summed E-state index contributed by atoms with van der Waals surface area (Å²) in [5.41, 5.74) is 7.57. The smallest absolute Gasteiger partial charge is 0.201 e. The number of nitrogens with two attached hydrogens (primary N) is 1. The van der Waals surface area contributed by atoms with Gasteiger partial charge in [-0.1, -0.05) is 0 Å². The number of nitrogens with zero attached hydrogens (tertiary/aromatic N) is 2. The van der Waals surface area contributed by atoms with Crippen LogP contribution in [0.1, 0.15) is 25.3 Å². The molecule has 0 bridgehead atoms. The van der Waals surface area contributed by atoms with E-state index in [4.69, 9.17) is 5.73 Å². The maximum Gasteiger partial charge on any atom is 0.201 e. The van der Waals surface area contributed by atoms with Crippen molar-refractivity contribution in [1.82, 2.24) is 9.55 Å². The number of hydrogen-bond donors (Lipinski definition) is 1. The van der Waals surface area contributed by atoms with Crippen LogP contribution in [0, 0.1) is 5.82 Å². The Morgan fingerprint density at radius 1 is 1.47 bits per heavy atom. The quantitative estimate of drug-likeness (QED) is 0.896. The van der Waals surface area contributed by atoms with E-state index in [9.17, 15) is 4.39 Å². The average Bonchev–Trinajstić information content (AvgIpc) is 2.94. The molecule has 0 aliphatic heterocycles. The molecule has 1 aliphatic rings. The number of benzene rings is 1. The molecule has 6 heteroatoms. The Labute approximate surface area is 123 Å². The molecule has 0 saturated heterocycles. The number of fused-ring (bicyclic) bond motifs is 1. The summed E-state index contributed by atoms with van der Waals surface area (Å²) >= 11 is 5.14. The van der Waals surface area contributed by atoms with Gasteiger partial charge in [-0.05, 0) is 47.5 Å². The zero-order valence-electron chi connectivity index (χ0n) is 10.6. The van der Waals surface area contributed by atoms with Crippen molar-refractivity contribution in [1.29, 1.82) is 0 Å². The van der Waals surface area contributed by atoms with Crippen molar-refractivity contribution in [3.63, 3.8) is 0 Å². The van der Waals surface area contributed by atoms with Gasteiger partial charge < -0.3 is 10.3 Å². The van der Waals surface area contributed by atoms with Gasteiger partial charge in [-0.3, -0.25) is 0 Å². The summed E-state index contributed by atoms with van der Waals surface area (Å²) in [4.78, 5) is 4.28. The van der Waals surface area contributed by atoms with Crippen LogP contribution >= 0.6 is 27.7 Å². The minimum absolute atomic E-state index is 0.300. The first kappa shape index (κ1) is 13.2. The monoisotopic (exact) mass is 343 g/mol. The van der Waals surface area contributed by atoms with E-state index in [1.807, 2.05) is 11.8 Å². The lowest BCUT2D eigenvalue weighted by Crippen LogP contribution is -2.09.